The number of hydrogen-bond acceptors (Lipinski definition) is 3. The summed E-state index contributed by atoms with van der Waals surface area (Å²) >= 11 is 0. The van der Waals surface area contributed by atoms with Gasteiger partial charge in [-0.1, -0.05) is 24.3 Å². The summed E-state index contributed by atoms with van der Waals surface area (Å²) < 4.78 is 3.71. The zero-order valence-electron chi connectivity index (χ0n) is 11.8. The van der Waals surface area contributed by atoms with Gasteiger partial charge in [-0.05, 0) is 30.5 Å². The maximum absolute atomic E-state index is 6.03. The highest BCUT2D eigenvalue weighted by molar-refractivity contribution is 5.39. The number of benzene rings is 1. The van der Waals surface area contributed by atoms with Crippen molar-refractivity contribution in [2.75, 3.05) is 5.73 Å². The Bertz CT molecular complexity index is 695. The van der Waals surface area contributed by atoms with E-state index in [2.05, 4.69) is 41.4 Å². The molecule has 0 saturated carbocycles. The third-order valence-electron chi connectivity index (χ3n) is 3.49. The molecule has 0 aliphatic carbocycles. The van der Waals surface area contributed by atoms with Crippen LogP contribution in [-0.4, -0.2) is 19.6 Å². The SMILES string of the molecule is [CH2]Cc1cnn(Cc2ccc(Cn3cccn3)cc2)c1N. The van der Waals surface area contributed by atoms with Gasteiger partial charge in [-0.25, -0.2) is 4.68 Å². The first-order valence-corrected chi connectivity index (χ1v) is 6.91. The number of aromatic nitrogens is 4. The van der Waals surface area contributed by atoms with Crippen LogP contribution in [0.2, 0.25) is 0 Å². The Balaban J connectivity index is 1.70. The second-order valence-electron chi connectivity index (χ2n) is 4.98. The van der Waals surface area contributed by atoms with Gasteiger partial charge in [0.1, 0.15) is 5.82 Å². The summed E-state index contributed by atoms with van der Waals surface area (Å²) in [4.78, 5) is 0. The topological polar surface area (TPSA) is 61.7 Å². The molecule has 0 unspecified atom stereocenters. The molecule has 0 atom stereocenters. The van der Waals surface area contributed by atoms with Gasteiger partial charge in [0.2, 0.25) is 0 Å². The van der Waals surface area contributed by atoms with Crippen LogP contribution in [0.5, 0.6) is 0 Å². The van der Waals surface area contributed by atoms with Gasteiger partial charge in [0.05, 0.1) is 19.3 Å². The van der Waals surface area contributed by atoms with Crippen molar-refractivity contribution in [2.45, 2.75) is 19.5 Å². The fourth-order valence-corrected chi connectivity index (χ4v) is 2.26. The van der Waals surface area contributed by atoms with Crippen molar-refractivity contribution in [3.63, 3.8) is 0 Å². The van der Waals surface area contributed by atoms with Crippen molar-refractivity contribution in [3.8, 4) is 0 Å². The largest absolute Gasteiger partial charge is 0.384 e. The lowest BCUT2D eigenvalue weighted by Gasteiger charge is -2.07. The van der Waals surface area contributed by atoms with Gasteiger partial charge in [0, 0.05) is 18.0 Å². The second kappa shape index (κ2) is 5.83. The van der Waals surface area contributed by atoms with E-state index in [1.807, 2.05) is 21.6 Å². The van der Waals surface area contributed by atoms with E-state index in [4.69, 9.17) is 5.73 Å². The van der Waals surface area contributed by atoms with E-state index in [9.17, 15) is 0 Å². The van der Waals surface area contributed by atoms with Gasteiger partial charge in [-0.15, -0.1) is 0 Å². The van der Waals surface area contributed by atoms with E-state index in [0.717, 1.165) is 12.1 Å². The van der Waals surface area contributed by atoms with Gasteiger partial charge in [0.25, 0.3) is 0 Å². The summed E-state index contributed by atoms with van der Waals surface area (Å²) in [6.07, 6.45) is 6.19. The number of rotatable bonds is 5. The van der Waals surface area contributed by atoms with Crippen molar-refractivity contribution in [2.24, 2.45) is 0 Å². The third-order valence-corrected chi connectivity index (χ3v) is 3.49. The Morgan fingerprint density at radius 1 is 1.05 bits per heavy atom. The molecule has 3 aromatic rings. The molecular weight excluding hydrogens is 262 g/mol. The molecule has 5 nitrogen and oxygen atoms in total. The molecule has 21 heavy (non-hydrogen) atoms. The minimum absolute atomic E-state index is 0.661. The fourth-order valence-electron chi connectivity index (χ4n) is 2.26. The molecule has 0 saturated heterocycles. The number of nitrogens with two attached hydrogens (primary N) is 1. The number of nitrogen functional groups attached to an aromatic ring is 1. The molecule has 2 aromatic heterocycles. The Kier molecular flexibility index (Phi) is 3.73. The van der Waals surface area contributed by atoms with Gasteiger partial charge in [-0.3, -0.25) is 4.68 Å². The third kappa shape index (κ3) is 2.97. The maximum atomic E-state index is 6.03. The average molecular weight is 280 g/mol. The Morgan fingerprint density at radius 2 is 1.76 bits per heavy atom. The summed E-state index contributed by atoms with van der Waals surface area (Å²) in [5.74, 6) is 0.700. The molecule has 0 spiro atoms. The predicted molar refractivity (Wildman–Crippen MR) is 82.6 cm³/mol. The van der Waals surface area contributed by atoms with Gasteiger partial charge in [0.15, 0.2) is 0 Å². The summed E-state index contributed by atoms with van der Waals surface area (Å²) in [5.41, 5.74) is 9.41. The summed E-state index contributed by atoms with van der Waals surface area (Å²) in [6.45, 7) is 5.30. The van der Waals surface area contributed by atoms with Crippen LogP contribution in [0.4, 0.5) is 5.82 Å². The molecule has 2 heterocycles. The van der Waals surface area contributed by atoms with E-state index in [1.165, 1.54) is 11.1 Å². The molecule has 0 aliphatic heterocycles. The van der Waals surface area contributed by atoms with Crippen LogP contribution in [0.15, 0.2) is 48.9 Å². The predicted octanol–water partition coefficient (Wildman–Crippen LogP) is 2.13. The monoisotopic (exact) mass is 280 g/mol. The smallest absolute Gasteiger partial charge is 0.125 e. The lowest BCUT2D eigenvalue weighted by Crippen LogP contribution is -2.07. The van der Waals surface area contributed by atoms with Crippen molar-refractivity contribution < 1.29 is 0 Å². The van der Waals surface area contributed by atoms with E-state index in [-0.39, 0.29) is 0 Å². The summed E-state index contributed by atoms with van der Waals surface area (Å²) in [6, 6.07) is 10.3. The van der Waals surface area contributed by atoms with Gasteiger partial charge < -0.3 is 5.73 Å². The molecule has 107 valence electrons. The lowest BCUT2D eigenvalue weighted by molar-refractivity contribution is 0.682. The average Bonchev–Trinajstić information content (AvgIpc) is 3.12. The Labute approximate surface area is 124 Å². The quantitative estimate of drug-likeness (QED) is 0.779. The van der Waals surface area contributed by atoms with Crippen LogP contribution in [-0.2, 0) is 19.5 Å². The van der Waals surface area contributed by atoms with Crippen molar-refractivity contribution >= 4 is 5.82 Å². The van der Waals surface area contributed by atoms with Gasteiger partial charge >= 0.3 is 0 Å². The Morgan fingerprint density at radius 3 is 2.33 bits per heavy atom. The van der Waals surface area contributed by atoms with E-state index < -0.39 is 0 Å². The lowest BCUT2D eigenvalue weighted by atomic mass is 10.1. The second-order valence-corrected chi connectivity index (χ2v) is 4.98. The van der Waals surface area contributed by atoms with E-state index >= 15 is 0 Å². The molecule has 0 fully saturated rings. The van der Waals surface area contributed by atoms with E-state index in [0.29, 0.717) is 18.8 Å². The normalized spacial score (nSPS) is 10.9. The van der Waals surface area contributed by atoms with E-state index in [1.54, 1.807) is 12.4 Å². The van der Waals surface area contributed by atoms with Gasteiger partial charge in [-0.2, -0.15) is 10.2 Å². The van der Waals surface area contributed by atoms with Crippen LogP contribution >= 0.6 is 0 Å². The highest BCUT2D eigenvalue weighted by Gasteiger charge is 2.06. The van der Waals surface area contributed by atoms with Crippen LogP contribution in [0.1, 0.15) is 16.7 Å². The van der Waals surface area contributed by atoms with Crippen molar-refractivity contribution in [3.05, 3.63) is 72.5 Å². The van der Waals surface area contributed by atoms with Crippen LogP contribution < -0.4 is 5.73 Å². The summed E-state index contributed by atoms with van der Waals surface area (Å²) in [5, 5.41) is 8.51. The zero-order valence-corrected chi connectivity index (χ0v) is 11.8. The minimum atomic E-state index is 0.661. The molecule has 2 N–H and O–H groups in total. The first kappa shape index (κ1) is 13.4. The first-order valence-electron chi connectivity index (χ1n) is 6.91. The number of nitrogens with zero attached hydrogens (tertiary/aromatic N) is 4. The molecule has 5 heteroatoms. The molecular formula is C16H18N5. The van der Waals surface area contributed by atoms with Crippen LogP contribution in [0.3, 0.4) is 0 Å². The fraction of sp³-hybridized carbons (Fsp3) is 0.188. The maximum Gasteiger partial charge on any atom is 0.125 e. The zero-order chi connectivity index (χ0) is 14.7. The summed E-state index contributed by atoms with van der Waals surface area (Å²) in [7, 11) is 0. The molecule has 1 radical (unpaired) electrons. The standard InChI is InChI=1S/C16H18N5/c1-2-15-10-19-21(16(15)17)12-14-6-4-13(5-7-14)11-20-9-3-8-18-20/h3-10H,1-2,11-12,17H2. The number of anilines is 1. The van der Waals surface area contributed by atoms with Crippen LogP contribution in [0, 0.1) is 6.92 Å². The first-order chi connectivity index (χ1) is 10.3. The highest BCUT2D eigenvalue weighted by Crippen LogP contribution is 2.14. The number of hydrogen-bond donors (Lipinski definition) is 1. The molecule has 3 rings (SSSR count). The van der Waals surface area contributed by atoms with Crippen molar-refractivity contribution in [1.82, 2.24) is 19.6 Å². The molecule has 0 aliphatic rings. The Hall–Kier alpha value is -2.56. The highest BCUT2D eigenvalue weighted by atomic mass is 15.3. The van der Waals surface area contributed by atoms with Crippen molar-refractivity contribution in [1.29, 1.82) is 0 Å². The molecule has 1 aromatic carbocycles. The van der Waals surface area contributed by atoms with Crippen LogP contribution in [0.25, 0.3) is 0 Å². The molecule has 0 bridgehead atoms. The minimum Gasteiger partial charge on any atom is -0.384 e. The molecule has 0 amide bonds.